The van der Waals surface area contributed by atoms with Crippen molar-refractivity contribution in [3.63, 3.8) is 0 Å². The zero-order valence-corrected chi connectivity index (χ0v) is 20.7. The molecule has 4 heterocycles. The van der Waals surface area contributed by atoms with Crippen LogP contribution in [0.4, 0.5) is 10.6 Å². The Morgan fingerprint density at radius 3 is 2.97 bits per heavy atom. The van der Waals surface area contributed by atoms with Gasteiger partial charge in [-0.05, 0) is 0 Å². The van der Waals surface area contributed by atoms with Crippen molar-refractivity contribution in [2.45, 2.75) is 24.6 Å². The molecule has 8 nitrogen and oxygen atoms in total. The molecule has 1 N–H and O–H groups in total. The monoisotopic (exact) mass is 518 g/mol. The van der Waals surface area contributed by atoms with Gasteiger partial charge in [0.1, 0.15) is 0 Å². The molecule has 1 atom stereocenters. The maximum atomic E-state index is 11.6. The molecule has 0 saturated heterocycles. The third-order valence-electron chi connectivity index (χ3n) is 5.92. The Labute approximate surface area is 204 Å². The van der Waals surface area contributed by atoms with E-state index in [0.29, 0.717) is 24.2 Å². The van der Waals surface area contributed by atoms with Gasteiger partial charge in [0.2, 0.25) is 0 Å². The zero-order chi connectivity index (χ0) is 23.3. The summed E-state index contributed by atoms with van der Waals surface area (Å²) in [5.41, 5.74) is 1.23. The molecule has 173 valence electrons. The number of aromatic nitrogens is 4. The van der Waals surface area contributed by atoms with E-state index in [1.807, 2.05) is 30.7 Å². The predicted molar refractivity (Wildman–Crippen MR) is 131 cm³/mol. The van der Waals surface area contributed by atoms with Crippen molar-refractivity contribution < 1.29 is 14.3 Å². The first-order valence-corrected chi connectivity index (χ1v) is 13.4. The quantitative estimate of drug-likeness (QED) is 0.378. The van der Waals surface area contributed by atoms with Crippen molar-refractivity contribution in [1.29, 1.82) is 0 Å². The van der Waals surface area contributed by atoms with Gasteiger partial charge >= 0.3 is 205 Å². The molecule has 9 heteroatoms. The van der Waals surface area contributed by atoms with Crippen LogP contribution < -0.4 is 14.4 Å². The normalized spacial score (nSPS) is 15.4. The summed E-state index contributed by atoms with van der Waals surface area (Å²) in [6, 6.07) is 12.4. The van der Waals surface area contributed by atoms with Gasteiger partial charge in [0.05, 0.1) is 0 Å². The summed E-state index contributed by atoms with van der Waals surface area (Å²) in [5.74, 6) is 2.81. The first-order chi connectivity index (χ1) is 16.7. The van der Waals surface area contributed by atoms with Crippen molar-refractivity contribution in [1.82, 2.24) is 19.5 Å². The number of hydrogen-bond donors (Lipinski definition) is 1. The molecule has 1 amide bonds. The van der Waals surface area contributed by atoms with Crippen LogP contribution in [-0.2, 0) is 22.9 Å². The second-order valence-electron chi connectivity index (χ2n) is 8.21. The summed E-state index contributed by atoms with van der Waals surface area (Å²) < 4.78 is 14.3. The van der Waals surface area contributed by atoms with Crippen molar-refractivity contribution >= 4 is 42.8 Å². The SMILES string of the molecule is COC(=O)Nc1nccc2cc([As]Cc3ccnc(OC[C@@H]4CCn5ccnc5C4)c3)ccc12. The number of nitrogens with zero attached hydrogens (tertiary/aromatic N) is 4. The number of imidazole rings is 1. The van der Waals surface area contributed by atoms with Crippen LogP contribution in [0.2, 0.25) is 0 Å². The maximum absolute atomic E-state index is 11.6. The molecule has 3 aromatic heterocycles. The number of methoxy groups -OCH3 is 1. The van der Waals surface area contributed by atoms with Crippen LogP contribution in [-0.4, -0.2) is 55.1 Å². The van der Waals surface area contributed by atoms with Gasteiger partial charge in [-0.25, -0.2) is 0 Å². The molecular weight excluding hydrogens is 493 g/mol. The van der Waals surface area contributed by atoms with Gasteiger partial charge in [-0.2, -0.15) is 0 Å². The van der Waals surface area contributed by atoms with E-state index in [0.717, 1.165) is 41.2 Å². The Kier molecular flexibility index (Phi) is 6.76. The number of ether oxygens (including phenoxy) is 2. The Bertz CT molecular complexity index is 1310. The fourth-order valence-electron chi connectivity index (χ4n) is 4.08. The number of fused-ring (bicyclic) bond motifs is 2. The first kappa shape index (κ1) is 22.4. The van der Waals surface area contributed by atoms with E-state index >= 15 is 0 Å². The van der Waals surface area contributed by atoms with Crippen LogP contribution >= 0.6 is 0 Å². The molecule has 4 aromatic rings. The fourth-order valence-corrected chi connectivity index (χ4v) is 6.12. The van der Waals surface area contributed by atoms with Gasteiger partial charge < -0.3 is 0 Å². The number of carbonyl (C=O) groups is 1. The molecule has 0 unspecified atom stereocenters. The molecule has 0 spiro atoms. The summed E-state index contributed by atoms with van der Waals surface area (Å²) in [7, 11) is 1.34. The van der Waals surface area contributed by atoms with Crippen LogP contribution in [0.15, 0.2) is 61.2 Å². The molecule has 1 aromatic carbocycles. The van der Waals surface area contributed by atoms with Crippen LogP contribution in [0.3, 0.4) is 0 Å². The van der Waals surface area contributed by atoms with Crippen LogP contribution in [0.5, 0.6) is 5.88 Å². The topological polar surface area (TPSA) is 91.2 Å². The minimum absolute atomic E-state index is 0.0771. The number of anilines is 1. The summed E-state index contributed by atoms with van der Waals surface area (Å²) in [6.07, 6.45) is 8.96. The zero-order valence-electron chi connectivity index (χ0n) is 18.8. The first-order valence-electron chi connectivity index (χ1n) is 11.2. The minimum atomic E-state index is -0.527. The second-order valence-corrected chi connectivity index (χ2v) is 10.6. The average Bonchev–Trinajstić information content (AvgIpc) is 3.34. The molecule has 1 aliphatic heterocycles. The van der Waals surface area contributed by atoms with Gasteiger partial charge in [0, 0.05) is 0 Å². The third-order valence-corrected chi connectivity index (χ3v) is 8.36. The Hall–Kier alpha value is -3.38. The van der Waals surface area contributed by atoms with E-state index < -0.39 is 6.09 Å². The summed E-state index contributed by atoms with van der Waals surface area (Å²) in [6.45, 7) is 1.67. The van der Waals surface area contributed by atoms with Gasteiger partial charge in [0.25, 0.3) is 0 Å². The predicted octanol–water partition coefficient (Wildman–Crippen LogP) is 3.18. The van der Waals surface area contributed by atoms with Crippen LogP contribution in [0, 0.1) is 5.92 Å². The number of hydrogen-bond acceptors (Lipinski definition) is 6. The van der Waals surface area contributed by atoms with E-state index in [2.05, 4.69) is 53.8 Å². The number of amides is 1. The third kappa shape index (κ3) is 5.23. The van der Waals surface area contributed by atoms with Gasteiger partial charge in [0.15, 0.2) is 0 Å². The number of carbonyl (C=O) groups excluding carboxylic acids is 1. The molecule has 5 rings (SSSR count). The number of nitrogens with one attached hydrogen (secondary N) is 1. The number of benzene rings is 1. The van der Waals surface area contributed by atoms with Crippen molar-refractivity contribution in [2.75, 3.05) is 19.0 Å². The van der Waals surface area contributed by atoms with Crippen molar-refractivity contribution in [3.05, 3.63) is 72.6 Å². The standard InChI is InChI=1S/C25H25AsN5O3/c1-33-25(32)30-24-21-3-2-20(14-19(21)5-8-29-24)26-15-17-4-7-28-23(13-17)34-16-18-6-10-31-11-9-27-22(31)12-18/h2-5,7-9,11,13-14,18H,6,10,12,15-16H2,1H3,(H,29,30,32)/t18-/m1/s1. The van der Waals surface area contributed by atoms with Crippen LogP contribution in [0.1, 0.15) is 17.8 Å². The Morgan fingerprint density at radius 1 is 1.15 bits per heavy atom. The van der Waals surface area contributed by atoms with Gasteiger partial charge in [-0.3, -0.25) is 0 Å². The van der Waals surface area contributed by atoms with E-state index in [-0.39, 0.29) is 15.8 Å². The number of pyridine rings is 2. The molecule has 1 aliphatic rings. The van der Waals surface area contributed by atoms with E-state index in [9.17, 15) is 4.79 Å². The molecule has 0 bridgehead atoms. The molecule has 0 aliphatic carbocycles. The molecule has 34 heavy (non-hydrogen) atoms. The van der Waals surface area contributed by atoms with Gasteiger partial charge in [-0.1, -0.05) is 0 Å². The van der Waals surface area contributed by atoms with Crippen LogP contribution in [0.25, 0.3) is 10.8 Å². The summed E-state index contributed by atoms with van der Waals surface area (Å²) >= 11 is -0.0771. The Morgan fingerprint density at radius 2 is 2.06 bits per heavy atom. The molecule has 0 fully saturated rings. The fraction of sp³-hybridized carbons (Fsp3) is 0.280. The average molecular weight is 518 g/mol. The molecule has 1 radical (unpaired) electrons. The summed E-state index contributed by atoms with van der Waals surface area (Å²) in [4.78, 5) is 24.7. The number of aryl methyl sites for hydroxylation is 1. The van der Waals surface area contributed by atoms with E-state index in [4.69, 9.17) is 4.74 Å². The van der Waals surface area contributed by atoms with E-state index in [1.165, 1.54) is 17.0 Å². The molecular formula is C25H25AsN5O3. The Balaban J connectivity index is 1.19. The second kappa shape index (κ2) is 10.3. The molecule has 0 saturated carbocycles. The van der Waals surface area contributed by atoms with Crippen molar-refractivity contribution in [2.24, 2.45) is 5.92 Å². The summed E-state index contributed by atoms with van der Waals surface area (Å²) in [5, 5.41) is 5.57. The van der Waals surface area contributed by atoms with Crippen molar-refractivity contribution in [3.8, 4) is 5.88 Å². The number of rotatable bonds is 7. The van der Waals surface area contributed by atoms with E-state index in [1.54, 1.807) is 6.20 Å². The van der Waals surface area contributed by atoms with Gasteiger partial charge in [-0.15, -0.1) is 0 Å².